The highest BCUT2D eigenvalue weighted by Gasteiger charge is 2.38. The summed E-state index contributed by atoms with van der Waals surface area (Å²) in [5.74, 6) is -1.11. The van der Waals surface area contributed by atoms with Gasteiger partial charge in [0.25, 0.3) is 0 Å². The van der Waals surface area contributed by atoms with Gasteiger partial charge in [-0.05, 0) is 19.1 Å². The average molecular weight is 298 g/mol. The molecule has 104 valence electrons. The van der Waals surface area contributed by atoms with Crippen molar-refractivity contribution in [3.63, 3.8) is 0 Å². The van der Waals surface area contributed by atoms with E-state index in [1.54, 1.807) is 0 Å². The molecule has 0 spiro atoms. The zero-order valence-corrected chi connectivity index (χ0v) is 10.2. The number of carbonyl (C=O) groups excluding carboxylic acids is 1. The van der Waals surface area contributed by atoms with E-state index in [9.17, 15) is 28.1 Å². The lowest BCUT2D eigenvalue weighted by Gasteiger charge is -2.10. The Hall–Kier alpha value is -1.83. The molecule has 0 saturated heterocycles. The summed E-state index contributed by atoms with van der Waals surface area (Å²) in [7, 11) is 0. The lowest BCUT2D eigenvalue weighted by molar-refractivity contribution is -0.385. The Labute approximate surface area is 110 Å². The van der Waals surface area contributed by atoms with E-state index < -0.39 is 38.9 Å². The van der Waals surface area contributed by atoms with Gasteiger partial charge in [0, 0.05) is 0 Å². The van der Waals surface area contributed by atoms with E-state index in [0.29, 0.717) is 12.1 Å². The summed E-state index contributed by atoms with van der Waals surface area (Å²) in [6, 6.07) is 1.17. The number of halogens is 4. The fourth-order valence-corrected chi connectivity index (χ4v) is 1.68. The summed E-state index contributed by atoms with van der Waals surface area (Å²) in [5.41, 5.74) is -3.12. The van der Waals surface area contributed by atoms with Crippen LogP contribution in [0.25, 0.3) is 0 Å². The third-order valence-electron chi connectivity index (χ3n) is 2.10. The zero-order valence-electron chi connectivity index (χ0n) is 9.45. The predicted octanol–water partition coefficient (Wildman–Crippen LogP) is 3.44. The smallest absolute Gasteiger partial charge is 0.418 e. The standard InChI is InChI=1S/C10H7ClF3NO4/c1-2-19-9(16)5-3-4-6(10(12,13)14)7(11)8(5)15(17)18/h3-4H,2H2,1H3. The van der Waals surface area contributed by atoms with Gasteiger partial charge >= 0.3 is 17.8 Å². The summed E-state index contributed by atoms with van der Waals surface area (Å²) < 4.78 is 42.2. The van der Waals surface area contributed by atoms with E-state index in [1.165, 1.54) is 6.92 Å². The Bertz CT molecular complexity index is 530. The second-order valence-electron chi connectivity index (χ2n) is 3.30. The van der Waals surface area contributed by atoms with Crippen molar-refractivity contribution in [3.8, 4) is 0 Å². The number of nitro groups is 1. The van der Waals surface area contributed by atoms with Crippen LogP contribution in [0.15, 0.2) is 12.1 Å². The molecule has 19 heavy (non-hydrogen) atoms. The van der Waals surface area contributed by atoms with E-state index >= 15 is 0 Å². The Morgan fingerprint density at radius 2 is 2.05 bits per heavy atom. The Morgan fingerprint density at radius 1 is 1.47 bits per heavy atom. The molecule has 1 rings (SSSR count). The molecular formula is C10H7ClF3NO4. The molecule has 0 unspecified atom stereocenters. The second-order valence-corrected chi connectivity index (χ2v) is 3.68. The minimum Gasteiger partial charge on any atom is -0.462 e. The van der Waals surface area contributed by atoms with Crippen LogP contribution in [0, 0.1) is 10.1 Å². The normalized spacial score (nSPS) is 11.2. The van der Waals surface area contributed by atoms with Gasteiger partial charge in [-0.2, -0.15) is 13.2 Å². The molecule has 0 bridgehead atoms. The van der Waals surface area contributed by atoms with Crippen molar-refractivity contribution in [2.24, 2.45) is 0 Å². The average Bonchev–Trinajstić information content (AvgIpc) is 2.26. The van der Waals surface area contributed by atoms with E-state index in [4.69, 9.17) is 11.6 Å². The first-order valence-corrected chi connectivity index (χ1v) is 5.29. The van der Waals surface area contributed by atoms with Crippen molar-refractivity contribution >= 4 is 23.3 Å². The van der Waals surface area contributed by atoms with E-state index in [1.807, 2.05) is 0 Å². The van der Waals surface area contributed by atoms with Crippen molar-refractivity contribution in [1.82, 2.24) is 0 Å². The van der Waals surface area contributed by atoms with E-state index in [2.05, 4.69) is 4.74 Å². The predicted molar refractivity (Wildman–Crippen MR) is 59.1 cm³/mol. The molecule has 5 nitrogen and oxygen atoms in total. The van der Waals surface area contributed by atoms with Gasteiger partial charge in [0.1, 0.15) is 10.6 Å². The van der Waals surface area contributed by atoms with Gasteiger partial charge in [-0.1, -0.05) is 11.6 Å². The first-order valence-electron chi connectivity index (χ1n) is 4.91. The van der Waals surface area contributed by atoms with Gasteiger partial charge in [-0.3, -0.25) is 10.1 Å². The van der Waals surface area contributed by atoms with E-state index in [-0.39, 0.29) is 6.61 Å². The van der Waals surface area contributed by atoms with Crippen LogP contribution in [-0.2, 0) is 10.9 Å². The summed E-state index contributed by atoms with van der Waals surface area (Å²) in [4.78, 5) is 21.0. The molecule has 0 amide bonds. The molecule has 0 heterocycles. The molecule has 0 aliphatic heterocycles. The number of hydrogen-bond donors (Lipinski definition) is 0. The van der Waals surface area contributed by atoms with Crippen LogP contribution in [0.2, 0.25) is 5.02 Å². The number of nitrogens with zero attached hydrogens (tertiary/aromatic N) is 1. The molecule has 0 atom stereocenters. The molecule has 0 radical (unpaired) electrons. The fraction of sp³-hybridized carbons (Fsp3) is 0.300. The maximum absolute atomic E-state index is 12.5. The van der Waals surface area contributed by atoms with E-state index in [0.717, 1.165) is 0 Å². The van der Waals surface area contributed by atoms with Gasteiger partial charge in [-0.15, -0.1) is 0 Å². The highest BCUT2D eigenvalue weighted by molar-refractivity contribution is 6.34. The monoisotopic (exact) mass is 297 g/mol. The SMILES string of the molecule is CCOC(=O)c1ccc(C(F)(F)F)c(Cl)c1[N+](=O)[O-]. The number of carbonyl (C=O) groups is 1. The molecule has 0 aromatic heterocycles. The quantitative estimate of drug-likeness (QED) is 0.487. The van der Waals surface area contributed by atoms with Crippen LogP contribution >= 0.6 is 11.6 Å². The van der Waals surface area contributed by atoms with Crippen molar-refractivity contribution in [1.29, 1.82) is 0 Å². The first kappa shape index (κ1) is 15.2. The molecule has 0 aliphatic carbocycles. The fourth-order valence-electron chi connectivity index (χ4n) is 1.34. The Morgan fingerprint density at radius 3 is 2.47 bits per heavy atom. The number of esters is 1. The molecule has 0 aliphatic rings. The highest BCUT2D eigenvalue weighted by Crippen LogP contribution is 2.40. The lowest BCUT2D eigenvalue weighted by atomic mass is 10.1. The molecule has 0 N–H and O–H groups in total. The van der Waals surface area contributed by atoms with Crippen LogP contribution in [0.4, 0.5) is 18.9 Å². The number of ether oxygens (including phenoxy) is 1. The number of alkyl halides is 3. The maximum Gasteiger partial charge on any atom is 0.418 e. The van der Waals surface area contributed by atoms with Crippen molar-refractivity contribution < 1.29 is 27.6 Å². The molecule has 1 aromatic carbocycles. The highest BCUT2D eigenvalue weighted by atomic mass is 35.5. The zero-order chi connectivity index (χ0) is 14.8. The Kier molecular flexibility index (Phi) is 4.35. The van der Waals surface area contributed by atoms with Crippen LogP contribution in [-0.4, -0.2) is 17.5 Å². The van der Waals surface area contributed by atoms with Gasteiger partial charge in [0.2, 0.25) is 0 Å². The third-order valence-corrected chi connectivity index (χ3v) is 2.48. The maximum atomic E-state index is 12.5. The molecule has 0 fully saturated rings. The van der Waals surface area contributed by atoms with Crippen LogP contribution in [0.3, 0.4) is 0 Å². The van der Waals surface area contributed by atoms with Crippen LogP contribution in [0.5, 0.6) is 0 Å². The number of benzene rings is 1. The van der Waals surface area contributed by atoms with Crippen molar-refractivity contribution in [2.75, 3.05) is 6.61 Å². The summed E-state index contributed by atoms with van der Waals surface area (Å²) in [6.07, 6.45) is -4.85. The summed E-state index contributed by atoms with van der Waals surface area (Å²) in [6.45, 7) is 1.38. The minimum absolute atomic E-state index is 0.0748. The number of rotatable bonds is 3. The molecule has 0 saturated carbocycles. The Balaban J connectivity index is 3.49. The second kappa shape index (κ2) is 5.43. The van der Waals surface area contributed by atoms with Gasteiger partial charge in [-0.25, -0.2) is 4.79 Å². The molecule has 9 heteroatoms. The van der Waals surface area contributed by atoms with Crippen LogP contribution < -0.4 is 0 Å². The summed E-state index contributed by atoms with van der Waals surface area (Å²) >= 11 is 5.37. The topological polar surface area (TPSA) is 69.4 Å². The van der Waals surface area contributed by atoms with Gasteiger partial charge in [0.05, 0.1) is 17.1 Å². The first-order chi connectivity index (χ1) is 8.70. The third kappa shape index (κ3) is 3.14. The molecular weight excluding hydrogens is 291 g/mol. The molecule has 1 aromatic rings. The largest absolute Gasteiger partial charge is 0.462 e. The van der Waals surface area contributed by atoms with Gasteiger partial charge < -0.3 is 4.74 Å². The minimum atomic E-state index is -4.85. The van der Waals surface area contributed by atoms with Crippen molar-refractivity contribution in [2.45, 2.75) is 13.1 Å². The van der Waals surface area contributed by atoms with Crippen molar-refractivity contribution in [3.05, 3.63) is 38.4 Å². The number of hydrogen-bond acceptors (Lipinski definition) is 4. The lowest BCUT2D eigenvalue weighted by Crippen LogP contribution is -2.12. The van der Waals surface area contributed by atoms with Gasteiger partial charge in [0.15, 0.2) is 0 Å². The van der Waals surface area contributed by atoms with Crippen LogP contribution in [0.1, 0.15) is 22.8 Å². The summed E-state index contributed by atoms with van der Waals surface area (Å²) in [5, 5.41) is 9.64. The number of nitro benzene ring substituents is 1.